The van der Waals surface area contributed by atoms with Gasteiger partial charge in [0.05, 0.1) is 6.61 Å². The molecular weight excluding hydrogens is 404 g/mol. The Kier molecular flexibility index (Phi) is 5.65. The predicted octanol–water partition coefficient (Wildman–Crippen LogP) is 3.48. The summed E-state index contributed by atoms with van der Waals surface area (Å²) in [5, 5.41) is 22.2. The van der Waals surface area contributed by atoms with E-state index >= 15 is 0 Å². The first-order valence-electron chi connectivity index (χ1n) is 10.3. The highest BCUT2D eigenvalue weighted by molar-refractivity contribution is 6.03. The number of aliphatic hydroxyl groups excluding tert-OH is 2. The molecule has 0 aliphatic heterocycles. The summed E-state index contributed by atoms with van der Waals surface area (Å²) in [6, 6.07) is 14.8. The maximum atomic E-state index is 12.1. The maximum Gasteiger partial charge on any atom is 0.249 e. The largest absolute Gasteiger partial charge is 0.393 e. The molecule has 0 aromatic heterocycles. The molecule has 0 saturated carbocycles. The number of nitrogens with one attached hydrogen (secondary N) is 1. The van der Waals surface area contributed by atoms with E-state index in [9.17, 15) is 19.8 Å². The SMILES string of the molecule is C=CC(=O)Nc1cccc(-c2ccc(C(N)=O)c3c2-c2ccc(C(O)CO)cc2C3)c1C. The summed E-state index contributed by atoms with van der Waals surface area (Å²) < 4.78 is 0. The van der Waals surface area contributed by atoms with E-state index in [2.05, 4.69) is 11.9 Å². The minimum Gasteiger partial charge on any atom is -0.393 e. The highest BCUT2D eigenvalue weighted by atomic mass is 16.3. The average molecular weight is 428 g/mol. The number of aliphatic hydroxyl groups is 2. The molecule has 32 heavy (non-hydrogen) atoms. The molecule has 5 N–H and O–H groups in total. The number of carbonyl (C=O) groups excluding carboxylic acids is 2. The third-order valence-electron chi connectivity index (χ3n) is 5.97. The van der Waals surface area contributed by atoms with E-state index in [4.69, 9.17) is 5.73 Å². The van der Waals surface area contributed by atoms with E-state index in [1.807, 2.05) is 43.3 Å². The van der Waals surface area contributed by atoms with Gasteiger partial charge in [-0.15, -0.1) is 0 Å². The number of carbonyl (C=O) groups is 2. The molecule has 0 saturated heterocycles. The van der Waals surface area contributed by atoms with Gasteiger partial charge in [0.15, 0.2) is 0 Å². The van der Waals surface area contributed by atoms with Crippen molar-refractivity contribution in [2.75, 3.05) is 11.9 Å². The number of benzene rings is 3. The molecule has 0 fully saturated rings. The lowest BCUT2D eigenvalue weighted by molar-refractivity contribution is -0.111. The predicted molar refractivity (Wildman–Crippen MR) is 124 cm³/mol. The average Bonchev–Trinajstić information content (AvgIpc) is 3.17. The summed E-state index contributed by atoms with van der Waals surface area (Å²) in [4.78, 5) is 24.0. The summed E-state index contributed by atoms with van der Waals surface area (Å²) in [5.74, 6) is -0.792. The number of anilines is 1. The lowest BCUT2D eigenvalue weighted by Gasteiger charge is -2.17. The smallest absolute Gasteiger partial charge is 0.249 e. The molecule has 6 nitrogen and oxygen atoms in total. The van der Waals surface area contributed by atoms with Crippen LogP contribution in [0.25, 0.3) is 22.3 Å². The van der Waals surface area contributed by atoms with Crippen LogP contribution in [0.2, 0.25) is 0 Å². The molecule has 1 aliphatic carbocycles. The van der Waals surface area contributed by atoms with Crippen LogP contribution in [0.3, 0.4) is 0 Å². The lowest BCUT2D eigenvalue weighted by Crippen LogP contribution is -2.14. The zero-order chi connectivity index (χ0) is 23.0. The molecule has 0 bridgehead atoms. The zero-order valence-electron chi connectivity index (χ0n) is 17.7. The fourth-order valence-corrected chi connectivity index (χ4v) is 4.35. The third kappa shape index (κ3) is 3.60. The first-order chi connectivity index (χ1) is 15.3. The molecule has 0 heterocycles. The Bertz CT molecular complexity index is 1260. The second-order valence-electron chi connectivity index (χ2n) is 7.84. The van der Waals surface area contributed by atoms with Gasteiger partial charge in [-0.3, -0.25) is 9.59 Å². The molecule has 0 spiro atoms. The third-order valence-corrected chi connectivity index (χ3v) is 5.97. The number of primary amides is 1. The normalized spacial score (nSPS) is 12.6. The lowest BCUT2D eigenvalue weighted by atomic mass is 9.89. The van der Waals surface area contributed by atoms with E-state index < -0.39 is 12.0 Å². The second kappa shape index (κ2) is 8.42. The van der Waals surface area contributed by atoms with Gasteiger partial charge in [0.25, 0.3) is 0 Å². The van der Waals surface area contributed by atoms with Gasteiger partial charge in [0.1, 0.15) is 6.10 Å². The van der Waals surface area contributed by atoms with Crippen LogP contribution < -0.4 is 11.1 Å². The molecule has 6 heteroatoms. The molecule has 3 aromatic rings. The van der Waals surface area contributed by atoms with Crippen LogP contribution in [0.15, 0.2) is 61.2 Å². The molecule has 1 atom stereocenters. The maximum absolute atomic E-state index is 12.1. The summed E-state index contributed by atoms with van der Waals surface area (Å²) in [5.41, 5.74) is 13.8. The highest BCUT2D eigenvalue weighted by Gasteiger charge is 2.28. The van der Waals surface area contributed by atoms with Crippen molar-refractivity contribution in [3.63, 3.8) is 0 Å². The van der Waals surface area contributed by atoms with Crippen LogP contribution in [-0.2, 0) is 11.2 Å². The Balaban J connectivity index is 1.92. The van der Waals surface area contributed by atoms with Crippen LogP contribution in [-0.4, -0.2) is 28.6 Å². The van der Waals surface area contributed by atoms with E-state index in [0.29, 0.717) is 23.2 Å². The van der Waals surface area contributed by atoms with Gasteiger partial charge in [-0.25, -0.2) is 0 Å². The van der Waals surface area contributed by atoms with Gasteiger partial charge in [-0.05, 0) is 76.1 Å². The van der Waals surface area contributed by atoms with Crippen molar-refractivity contribution in [1.82, 2.24) is 0 Å². The van der Waals surface area contributed by atoms with Crippen LogP contribution in [0.1, 0.15) is 38.7 Å². The van der Waals surface area contributed by atoms with Crippen molar-refractivity contribution in [3.05, 3.63) is 89.0 Å². The van der Waals surface area contributed by atoms with Crippen molar-refractivity contribution >= 4 is 17.5 Å². The Hall–Kier alpha value is -3.74. The monoisotopic (exact) mass is 428 g/mol. The Morgan fingerprint density at radius 1 is 1.16 bits per heavy atom. The first kappa shape index (κ1) is 21.5. The van der Waals surface area contributed by atoms with Gasteiger partial charge in [0.2, 0.25) is 11.8 Å². The summed E-state index contributed by atoms with van der Waals surface area (Å²) in [7, 11) is 0. The number of fused-ring (bicyclic) bond motifs is 3. The van der Waals surface area contributed by atoms with Crippen molar-refractivity contribution < 1.29 is 19.8 Å². The van der Waals surface area contributed by atoms with E-state index in [0.717, 1.165) is 38.9 Å². The quantitative estimate of drug-likeness (QED) is 0.352. The van der Waals surface area contributed by atoms with E-state index in [1.54, 1.807) is 12.1 Å². The first-order valence-corrected chi connectivity index (χ1v) is 10.3. The van der Waals surface area contributed by atoms with Crippen molar-refractivity contribution in [1.29, 1.82) is 0 Å². The molecule has 4 rings (SSSR count). The van der Waals surface area contributed by atoms with Crippen LogP contribution >= 0.6 is 0 Å². The van der Waals surface area contributed by atoms with E-state index in [1.165, 1.54) is 6.08 Å². The fourth-order valence-electron chi connectivity index (χ4n) is 4.35. The number of amides is 2. The zero-order valence-corrected chi connectivity index (χ0v) is 17.7. The molecule has 0 radical (unpaired) electrons. The molecule has 2 amide bonds. The minimum absolute atomic E-state index is 0.292. The standard InChI is InChI=1S/C26H24N2O4/c1-3-24(31)28-22-6-4-5-17(14(22)2)19-9-10-20(26(27)32)21-12-16-11-15(23(30)13-29)7-8-18(16)25(19)21/h3-11,23,29-30H,1,12-13H2,2H3,(H2,27,32)(H,28,31). The van der Waals surface area contributed by atoms with E-state index in [-0.39, 0.29) is 12.5 Å². The number of hydrogen-bond acceptors (Lipinski definition) is 4. The molecule has 3 aromatic carbocycles. The summed E-state index contributed by atoms with van der Waals surface area (Å²) in [6.45, 7) is 5.06. The minimum atomic E-state index is -0.966. The Morgan fingerprint density at radius 3 is 2.59 bits per heavy atom. The summed E-state index contributed by atoms with van der Waals surface area (Å²) >= 11 is 0. The van der Waals surface area contributed by atoms with Gasteiger partial charge in [0, 0.05) is 11.3 Å². The van der Waals surface area contributed by atoms with Crippen molar-refractivity contribution in [3.8, 4) is 22.3 Å². The Labute approximate surface area is 186 Å². The number of nitrogens with two attached hydrogens (primary N) is 1. The molecule has 162 valence electrons. The molecular formula is C26H24N2O4. The van der Waals surface area contributed by atoms with Gasteiger partial charge >= 0.3 is 0 Å². The highest BCUT2D eigenvalue weighted by Crippen LogP contribution is 2.46. The molecule has 1 aliphatic rings. The second-order valence-corrected chi connectivity index (χ2v) is 7.84. The van der Waals surface area contributed by atoms with Gasteiger partial charge < -0.3 is 21.3 Å². The topological polar surface area (TPSA) is 113 Å². The van der Waals surface area contributed by atoms with Gasteiger partial charge in [-0.2, -0.15) is 0 Å². The van der Waals surface area contributed by atoms with Crippen molar-refractivity contribution in [2.45, 2.75) is 19.4 Å². The van der Waals surface area contributed by atoms with Crippen molar-refractivity contribution in [2.24, 2.45) is 5.73 Å². The summed E-state index contributed by atoms with van der Waals surface area (Å²) in [6.07, 6.45) is 0.751. The Morgan fingerprint density at radius 2 is 1.91 bits per heavy atom. The van der Waals surface area contributed by atoms with Gasteiger partial charge in [-0.1, -0.05) is 43.0 Å². The fraction of sp³-hybridized carbons (Fsp3) is 0.154. The van der Waals surface area contributed by atoms with Crippen LogP contribution in [0.4, 0.5) is 5.69 Å². The number of hydrogen-bond donors (Lipinski definition) is 4. The molecule has 1 unspecified atom stereocenters. The van der Waals surface area contributed by atoms with Crippen LogP contribution in [0.5, 0.6) is 0 Å². The number of rotatable bonds is 6. The van der Waals surface area contributed by atoms with Crippen LogP contribution in [0, 0.1) is 6.92 Å².